The number of amides is 2. The normalized spacial score (nSPS) is 14.5. The molecule has 8 nitrogen and oxygen atoms in total. The maximum Gasteiger partial charge on any atom is 0.351 e. The number of nitrogens with zero attached hydrogens (tertiary/aromatic N) is 1. The number of benzene rings is 2. The van der Waals surface area contributed by atoms with Gasteiger partial charge in [0, 0.05) is 0 Å². The van der Waals surface area contributed by atoms with Crippen molar-refractivity contribution in [3.8, 4) is 0 Å². The lowest BCUT2D eigenvalue weighted by Gasteiger charge is -2.20. The number of imide groups is 1. The van der Waals surface area contributed by atoms with Crippen LogP contribution in [0, 0.1) is 5.82 Å². The SMILES string of the molecule is CSCCC(NS(=O)(=O)c1ccccc1F)C(=O)ON1C(=O)c2ccccc2C1=O. The number of fused-ring (bicyclic) bond motifs is 1. The van der Waals surface area contributed by atoms with Crippen molar-refractivity contribution in [2.75, 3.05) is 12.0 Å². The minimum absolute atomic E-state index is 0.00312. The third kappa shape index (κ3) is 4.37. The van der Waals surface area contributed by atoms with Crippen LogP contribution in [0.1, 0.15) is 27.1 Å². The lowest BCUT2D eigenvalue weighted by atomic mass is 10.1. The predicted octanol–water partition coefficient (Wildman–Crippen LogP) is 1.98. The molecule has 158 valence electrons. The molecule has 0 radical (unpaired) electrons. The molecule has 0 aliphatic carbocycles. The molecule has 3 rings (SSSR count). The summed E-state index contributed by atoms with van der Waals surface area (Å²) >= 11 is 1.34. The molecule has 2 aromatic carbocycles. The molecule has 2 amide bonds. The average molecular weight is 452 g/mol. The standard InChI is InChI=1S/C19H17FN2O6S2/c1-29-11-10-15(21-30(26,27)16-9-5-4-8-14(16)20)19(25)28-22-17(23)12-6-2-3-7-13(12)18(22)24/h2-9,15,21H,10-11H2,1H3. The first kappa shape index (κ1) is 21.9. The van der Waals surface area contributed by atoms with E-state index in [1.807, 2.05) is 0 Å². The highest BCUT2D eigenvalue weighted by atomic mass is 32.2. The van der Waals surface area contributed by atoms with Gasteiger partial charge in [0.25, 0.3) is 11.8 Å². The van der Waals surface area contributed by atoms with E-state index < -0.39 is 44.6 Å². The van der Waals surface area contributed by atoms with Crippen molar-refractivity contribution >= 4 is 39.6 Å². The van der Waals surface area contributed by atoms with Gasteiger partial charge in [0.2, 0.25) is 10.0 Å². The zero-order valence-electron chi connectivity index (χ0n) is 15.7. The molecule has 1 aliphatic heterocycles. The van der Waals surface area contributed by atoms with Crippen LogP contribution < -0.4 is 4.72 Å². The second-order valence-electron chi connectivity index (χ2n) is 6.25. The molecule has 1 aliphatic rings. The number of hydroxylamine groups is 2. The van der Waals surface area contributed by atoms with Gasteiger partial charge in [0.05, 0.1) is 11.1 Å². The Kier molecular flexibility index (Phi) is 6.54. The van der Waals surface area contributed by atoms with Crippen LogP contribution in [-0.2, 0) is 19.7 Å². The first-order chi connectivity index (χ1) is 14.3. The Balaban J connectivity index is 1.81. The van der Waals surface area contributed by atoms with E-state index in [0.717, 1.165) is 12.1 Å². The van der Waals surface area contributed by atoms with Gasteiger partial charge in [-0.15, -0.1) is 0 Å². The summed E-state index contributed by atoms with van der Waals surface area (Å²) in [4.78, 5) is 41.7. The second kappa shape index (κ2) is 8.94. The maximum absolute atomic E-state index is 13.9. The number of nitrogens with one attached hydrogen (secondary N) is 1. The molecule has 30 heavy (non-hydrogen) atoms. The van der Waals surface area contributed by atoms with Gasteiger partial charge in [-0.25, -0.2) is 17.6 Å². The van der Waals surface area contributed by atoms with Gasteiger partial charge in [-0.3, -0.25) is 9.59 Å². The monoisotopic (exact) mass is 452 g/mol. The van der Waals surface area contributed by atoms with Crippen LogP contribution in [0.3, 0.4) is 0 Å². The summed E-state index contributed by atoms with van der Waals surface area (Å²) in [5.74, 6) is -3.43. The number of carbonyl (C=O) groups is 3. The van der Waals surface area contributed by atoms with Crippen molar-refractivity contribution in [1.29, 1.82) is 0 Å². The van der Waals surface area contributed by atoms with Crippen molar-refractivity contribution in [3.63, 3.8) is 0 Å². The van der Waals surface area contributed by atoms with Crippen molar-refractivity contribution in [1.82, 2.24) is 9.79 Å². The largest absolute Gasteiger partial charge is 0.351 e. The van der Waals surface area contributed by atoms with Crippen LogP contribution in [0.25, 0.3) is 0 Å². The van der Waals surface area contributed by atoms with Crippen molar-refractivity contribution in [2.45, 2.75) is 17.4 Å². The molecular weight excluding hydrogens is 435 g/mol. The Morgan fingerprint density at radius 1 is 1.10 bits per heavy atom. The van der Waals surface area contributed by atoms with Gasteiger partial charge < -0.3 is 4.84 Å². The van der Waals surface area contributed by atoms with Crippen molar-refractivity contribution in [2.24, 2.45) is 0 Å². The average Bonchev–Trinajstić information content (AvgIpc) is 2.96. The van der Waals surface area contributed by atoms with Crippen LogP contribution in [0.2, 0.25) is 0 Å². The summed E-state index contributed by atoms with van der Waals surface area (Å²) in [6.45, 7) is 0. The van der Waals surface area contributed by atoms with E-state index in [-0.39, 0.29) is 17.5 Å². The van der Waals surface area contributed by atoms with E-state index in [1.54, 1.807) is 18.4 Å². The zero-order valence-corrected chi connectivity index (χ0v) is 17.3. The van der Waals surface area contributed by atoms with Gasteiger partial charge in [0.1, 0.15) is 16.8 Å². The molecule has 0 bridgehead atoms. The number of hydrogen-bond donors (Lipinski definition) is 1. The van der Waals surface area contributed by atoms with Gasteiger partial charge in [-0.1, -0.05) is 29.3 Å². The van der Waals surface area contributed by atoms with Crippen molar-refractivity contribution < 1.29 is 32.0 Å². The fourth-order valence-electron chi connectivity index (χ4n) is 2.78. The summed E-state index contributed by atoms with van der Waals surface area (Å²) in [6, 6.07) is 9.19. The highest BCUT2D eigenvalue weighted by Crippen LogP contribution is 2.23. The Morgan fingerprint density at radius 3 is 2.23 bits per heavy atom. The molecule has 0 fully saturated rings. The predicted molar refractivity (Wildman–Crippen MR) is 107 cm³/mol. The fraction of sp³-hybridized carbons (Fsp3) is 0.211. The maximum atomic E-state index is 13.9. The van der Waals surface area contributed by atoms with Crippen LogP contribution in [-0.4, -0.2) is 49.3 Å². The molecule has 1 N–H and O–H groups in total. The zero-order chi connectivity index (χ0) is 21.9. The molecule has 0 saturated carbocycles. The number of halogens is 1. The molecule has 1 heterocycles. The first-order valence-corrected chi connectivity index (χ1v) is 11.6. The molecular formula is C19H17FN2O6S2. The van der Waals surface area contributed by atoms with E-state index in [4.69, 9.17) is 4.84 Å². The Hall–Kier alpha value is -2.76. The summed E-state index contributed by atoms with van der Waals surface area (Å²) < 4.78 is 41.2. The highest BCUT2D eigenvalue weighted by molar-refractivity contribution is 7.98. The summed E-state index contributed by atoms with van der Waals surface area (Å²) in [5.41, 5.74) is 0.144. The third-order valence-electron chi connectivity index (χ3n) is 4.26. The van der Waals surface area contributed by atoms with Gasteiger partial charge in [-0.05, 0) is 42.7 Å². The van der Waals surface area contributed by atoms with Crippen LogP contribution >= 0.6 is 11.8 Å². The molecule has 0 spiro atoms. The Morgan fingerprint density at radius 2 is 1.67 bits per heavy atom. The lowest BCUT2D eigenvalue weighted by Crippen LogP contribution is -2.45. The van der Waals surface area contributed by atoms with Crippen LogP contribution in [0.15, 0.2) is 53.4 Å². The number of sulfonamides is 1. The van der Waals surface area contributed by atoms with E-state index in [2.05, 4.69) is 4.72 Å². The number of thioether (sulfide) groups is 1. The van der Waals surface area contributed by atoms with E-state index in [1.165, 1.54) is 36.0 Å². The third-order valence-corrected chi connectivity index (χ3v) is 6.41. The van der Waals surface area contributed by atoms with Crippen LogP contribution in [0.4, 0.5) is 4.39 Å². The highest BCUT2D eigenvalue weighted by Gasteiger charge is 2.40. The van der Waals surface area contributed by atoms with Gasteiger partial charge in [0.15, 0.2) is 0 Å². The van der Waals surface area contributed by atoms with Gasteiger partial charge >= 0.3 is 5.97 Å². The van der Waals surface area contributed by atoms with Gasteiger partial charge in [-0.2, -0.15) is 16.5 Å². The molecule has 1 unspecified atom stereocenters. The first-order valence-electron chi connectivity index (χ1n) is 8.71. The summed E-state index contributed by atoms with van der Waals surface area (Å²) in [6.07, 6.45) is 1.74. The molecule has 11 heteroatoms. The summed E-state index contributed by atoms with van der Waals surface area (Å²) in [7, 11) is -4.40. The lowest BCUT2D eigenvalue weighted by molar-refractivity contribution is -0.170. The summed E-state index contributed by atoms with van der Waals surface area (Å²) in [5, 5.41) is 0.302. The van der Waals surface area contributed by atoms with Crippen molar-refractivity contribution in [3.05, 3.63) is 65.5 Å². The fourth-order valence-corrected chi connectivity index (χ4v) is 4.55. The number of rotatable bonds is 8. The number of hydrogen-bond acceptors (Lipinski definition) is 7. The minimum Gasteiger partial charge on any atom is -0.328 e. The van der Waals surface area contributed by atoms with Crippen LogP contribution in [0.5, 0.6) is 0 Å². The second-order valence-corrected chi connectivity index (χ2v) is 8.91. The number of carbonyl (C=O) groups excluding carboxylic acids is 3. The topological polar surface area (TPSA) is 110 Å². The van der Waals surface area contributed by atoms with E-state index >= 15 is 0 Å². The molecule has 2 aromatic rings. The van der Waals surface area contributed by atoms with E-state index in [0.29, 0.717) is 10.8 Å². The quantitative estimate of drug-likeness (QED) is 0.610. The molecule has 1 atom stereocenters. The smallest absolute Gasteiger partial charge is 0.328 e. The van der Waals surface area contributed by atoms with E-state index in [9.17, 15) is 27.2 Å². The molecule has 0 aromatic heterocycles. The minimum atomic E-state index is -4.40. The Bertz CT molecular complexity index is 1070. The molecule has 0 saturated heterocycles. The Labute approximate surface area is 176 Å².